The molecule has 1 rings (SSSR count). The third-order valence-corrected chi connectivity index (χ3v) is 1.47. The van der Waals surface area contributed by atoms with Gasteiger partial charge in [-0.05, 0) is 0 Å². The van der Waals surface area contributed by atoms with Crippen molar-refractivity contribution in [2.45, 2.75) is 0 Å². The van der Waals surface area contributed by atoms with Crippen molar-refractivity contribution in [2.75, 3.05) is 0 Å². The Morgan fingerprint density at radius 1 is 1.67 bits per heavy atom. The third kappa shape index (κ3) is 1.11. The van der Waals surface area contributed by atoms with Crippen molar-refractivity contribution < 1.29 is 4.55 Å². The summed E-state index contributed by atoms with van der Waals surface area (Å²) in [4.78, 5) is 13.5. The number of H-pyrrole nitrogens is 2. The van der Waals surface area contributed by atoms with Gasteiger partial charge in [-0.1, -0.05) is 0 Å². The first-order chi connectivity index (χ1) is 4.24. The van der Waals surface area contributed by atoms with Gasteiger partial charge in [0.25, 0.3) is 7.98 Å². The second-order valence-electron chi connectivity index (χ2n) is 1.28. The highest BCUT2D eigenvalue weighted by atomic mass is 32.2. The van der Waals surface area contributed by atoms with E-state index in [1.54, 1.807) is 0 Å². The third-order valence-electron chi connectivity index (χ3n) is 0.719. The van der Waals surface area contributed by atoms with E-state index in [1.807, 2.05) is 4.37 Å². The smallest absolute Gasteiger partial charge is 0.335 e. The highest BCUT2D eigenvalue weighted by molar-refractivity contribution is 7.13. The molecule has 0 amide bonds. The van der Waals surface area contributed by atoms with E-state index < -0.39 is 16.7 Å². The van der Waals surface area contributed by atoms with Gasteiger partial charge in [0.05, 0.1) is 0 Å². The van der Waals surface area contributed by atoms with E-state index in [2.05, 4.69) is 9.28 Å². The number of aromatic nitrogens is 2. The van der Waals surface area contributed by atoms with Crippen molar-refractivity contribution in [2.24, 2.45) is 4.90 Å². The Morgan fingerprint density at radius 3 is 2.56 bits per heavy atom. The molecule has 1 aromatic heterocycles. The fraction of sp³-hybridized carbons (Fsp3) is 0. The summed E-state index contributed by atoms with van der Waals surface area (Å²) in [6, 6.07) is 0. The molecule has 0 fully saturated rings. The minimum absolute atomic E-state index is 0.103. The number of rotatable bonds is 0. The maximum Gasteiger partial charge on any atom is 0.335 e. The van der Waals surface area contributed by atoms with Crippen LogP contribution >= 0.6 is 11.1 Å². The molecule has 1 heterocycles. The van der Waals surface area contributed by atoms with Gasteiger partial charge in [-0.15, -0.1) is 8.75 Å². The van der Waals surface area contributed by atoms with Crippen molar-refractivity contribution in [1.29, 1.82) is 0 Å². The van der Waals surface area contributed by atoms with Crippen LogP contribution in [0.3, 0.4) is 0 Å². The fourth-order valence-corrected chi connectivity index (χ4v) is 1.01. The second kappa shape index (κ2) is 2.20. The van der Waals surface area contributed by atoms with Crippen LogP contribution in [0.1, 0.15) is 0 Å². The van der Waals surface area contributed by atoms with Crippen molar-refractivity contribution in [3.05, 3.63) is 15.8 Å². The molecule has 0 aromatic carbocycles. The molecule has 0 aliphatic carbocycles. The normalized spacial score (nSPS) is 14.3. The number of hydrogen-bond donors (Lipinski definition) is 2. The number of nitrogens with one attached hydrogen (secondary N) is 2. The highest BCUT2D eigenvalue weighted by Gasteiger charge is 1.95. The molecule has 1 unspecified atom stereocenters. The summed E-state index contributed by atoms with van der Waals surface area (Å²) >= 11 is -1.54. The maximum absolute atomic E-state index is 10.4. The molecule has 9 heavy (non-hydrogen) atoms. The van der Waals surface area contributed by atoms with Gasteiger partial charge < -0.3 is 9.46 Å². The zero-order chi connectivity index (χ0) is 6.85. The van der Waals surface area contributed by atoms with Gasteiger partial charge in [0, 0.05) is 0 Å². The number of hydrogen-bond acceptors (Lipinski definition) is 3. The minimum atomic E-state index is -1.54. The average Bonchev–Trinajstić information content (AvgIpc) is 2.10. The van der Waals surface area contributed by atoms with Crippen LogP contribution in [0.2, 0.25) is 0 Å². The van der Waals surface area contributed by atoms with E-state index in [0.717, 1.165) is 0 Å². The lowest BCUT2D eigenvalue weighted by Gasteiger charge is -1.73. The standard InChI is InChI=1S/C2H2BN3O2S/c3-4-1-2(7)6-9(8)5-1/h(H,4,5)(H,6,7). The van der Waals surface area contributed by atoms with Crippen LogP contribution in [-0.2, 0) is 0 Å². The molecule has 2 radical (unpaired) electrons. The molecular formula is C2H2BN3O2S. The van der Waals surface area contributed by atoms with Crippen LogP contribution in [0.5, 0.6) is 0 Å². The first kappa shape index (κ1) is 6.31. The second-order valence-corrected chi connectivity index (χ2v) is 2.23. The molecule has 0 bridgehead atoms. The zero-order valence-corrected chi connectivity index (χ0v) is 5.07. The van der Waals surface area contributed by atoms with Crippen LogP contribution in [-0.4, -0.2) is 21.3 Å². The summed E-state index contributed by atoms with van der Waals surface area (Å²) in [6.07, 6.45) is 0. The van der Waals surface area contributed by atoms with Gasteiger partial charge in [-0.25, -0.2) is 0 Å². The van der Waals surface area contributed by atoms with Crippen LogP contribution in [0, 0.1) is 0 Å². The Balaban J connectivity index is 3.52. The lowest BCUT2D eigenvalue weighted by molar-refractivity contribution is 0.584. The van der Waals surface area contributed by atoms with Crippen LogP contribution in [0.4, 0.5) is 0 Å². The van der Waals surface area contributed by atoms with E-state index in [4.69, 9.17) is 7.98 Å². The summed E-state index contributed by atoms with van der Waals surface area (Å²) in [5.74, 6) is 0. The molecule has 0 spiro atoms. The molecular weight excluding hydrogens is 141 g/mol. The van der Waals surface area contributed by atoms with Gasteiger partial charge in [-0.2, -0.15) is 0 Å². The van der Waals surface area contributed by atoms with Crippen molar-refractivity contribution in [3.8, 4) is 0 Å². The predicted octanol–water partition coefficient (Wildman–Crippen LogP) is -1.59. The lowest BCUT2D eigenvalue weighted by Crippen LogP contribution is -2.22. The quantitative estimate of drug-likeness (QED) is 0.339. The molecule has 7 heteroatoms. The molecule has 0 saturated heterocycles. The Hall–Kier alpha value is -0.815. The van der Waals surface area contributed by atoms with E-state index in [1.165, 1.54) is 0 Å². The SMILES string of the molecule is [B]N=c1[nH][s+]([O-])[nH]c1=O. The monoisotopic (exact) mass is 143 g/mol. The van der Waals surface area contributed by atoms with Crippen molar-refractivity contribution >= 4 is 19.1 Å². The zero-order valence-electron chi connectivity index (χ0n) is 4.25. The van der Waals surface area contributed by atoms with E-state index in [0.29, 0.717) is 0 Å². The first-order valence-electron chi connectivity index (χ1n) is 2.01. The van der Waals surface area contributed by atoms with Gasteiger partial charge in [0.2, 0.25) is 5.49 Å². The molecule has 46 valence electrons. The predicted molar refractivity (Wildman–Crippen MR) is 31.4 cm³/mol. The number of aromatic amines is 2. The first-order valence-corrected chi connectivity index (χ1v) is 3.16. The summed E-state index contributed by atoms with van der Waals surface area (Å²) < 4.78 is 14.6. The Kier molecular flexibility index (Phi) is 1.54. The van der Waals surface area contributed by atoms with Crippen LogP contribution < -0.4 is 11.0 Å². The number of nitrogens with zero attached hydrogens (tertiary/aromatic N) is 1. The van der Waals surface area contributed by atoms with Gasteiger partial charge in [0.15, 0.2) is 0 Å². The van der Waals surface area contributed by atoms with Crippen molar-refractivity contribution in [3.63, 3.8) is 0 Å². The topological polar surface area (TPSA) is 84.1 Å². The molecule has 5 nitrogen and oxygen atoms in total. The maximum atomic E-state index is 10.4. The molecule has 2 N–H and O–H groups in total. The summed E-state index contributed by atoms with van der Waals surface area (Å²) in [5, 5.41) is 0. The average molecular weight is 143 g/mol. The molecule has 1 aromatic rings. The van der Waals surface area contributed by atoms with Gasteiger partial charge >= 0.3 is 5.56 Å². The van der Waals surface area contributed by atoms with Gasteiger partial charge in [-0.3, -0.25) is 4.79 Å². The molecule has 0 aliphatic rings. The lowest BCUT2D eigenvalue weighted by atomic mass is 10.5. The van der Waals surface area contributed by atoms with Crippen LogP contribution in [0.25, 0.3) is 0 Å². The fourth-order valence-electron chi connectivity index (χ4n) is 0.377. The minimum Gasteiger partial charge on any atom is -0.549 e. The Morgan fingerprint density at radius 2 is 2.33 bits per heavy atom. The highest BCUT2D eigenvalue weighted by Crippen LogP contribution is 1.85. The Bertz CT molecular complexity index is 308. The van der Waals surface area contributed by atoms with Gasteiger partial charge in [0.1, 0.15) is 11.1 Å². The van der Waals surface area contributed by atoms with E-state index in [9.17, 15) is 9.35 Å². The largest absolute Gasteiger partial charge is 0.549 e. The summed E-state index contributed by atoms with van der Waals surface area (Å²) in [7, 11) is 4.72. The van der Waals surface area contributed by atoms with E-state index >= 15 is 0 Å². The summed E-state index contributed by atoms with van der Waals surface area (Å²) in [5.41, 5.74) is -0.649. The molecule has 0 saturated carbocycles. The summed E-state index contributed by atoms with van der Waals surface area (Å²) in [6.45, 7) is 0. The molecule has 1 atom stereocenters. The molecule has 0 aliphatic heterocycles. The Labute approximate surface area is 54.0 Å². The van der Waals surface area contributed by atoms with E-state index in [-0.39, 0.29) is 5.49 Å². The van der Waals surface area contributed by atoms with Crippen molar-refractivity contribution in [1.82, 2.24) is 8.75 Å². The van der Waals surface area contributed by atoms with Crippen LogP contribution in [0.15, 0.2) is 9.70 Å².